The molecule has 0 fully saturated rings. The van der Waals surface area contributed by atoms with E-state index in [1.807, 2.05) is 60.7 Å². The van der Waals surface area contributed by atoms with Crippen molar-refractivity contribution in [1.29, 1.82) is 0 Å². The lowest BCUT2D eigenvalue weighted by molar-refractivity contribution is -0.117. The zero-order valence-electron chi connectivity index (χ0n) is 30.8. The number of aryl methyl sites for hydroxylation is 2. The van der Waals surface area contributed by atoms with Crippen molar-refractivity contribution < 1.29 is 38.1 Å². The smallest absolute Gasteiger partial charge is 0.254 e. The monoisotopic (exact) mass is 801 g/mol. The Labute approximate surface area is 325 Å². The molecule has 0 spiro atoms. The van der Waals surface area contributed by atoms with Crippen molar-refractivity contribution in [3.05, 3.63) is 125 Å². The molecule has 0 atom stereocenters. The largest absolute Gasteiger partial charge is 0.493 e. The van der Waals surface area contributed by atoms with Gasteiger partial charge in [-0.1, -0.05) is 40.7 Å². The quantitative estimate of drug-likeness (QED) is 0.0592. The molecule has 0 radical (unpaired) electrons. The van der Waals surface area contributed by atoms with Gasteiger partial charge in [0, 0.05) is 33.6 Å². The molecule has 54 heavy (non-hydrogen) atoms. The molecule has 0 aliphatic heterocycles. The molecule has 286 valence electrons. The third-order valence-electron chi connectivity index (χ3n) is 8.21. The normalized spacial score (nSPS) is 10.7. The number of nitrogens with zero attached hydrogens (tertiary/aromatic N) is 1. The molecule has 0 aromatic heterocycles. The topological polar surface area (TPSA) is 125 Å². The lowest BCUT2D eigenvalue weighted by atomic mass is 10.0. The zero-order valence-corrected chi connectivity index (χ0v) is 32.4. The second-order valence-electron chi connectivity index (χ2n) is 12.0. The summed E-state index contributed by atoms with van der Waals surface area (Å²) in [6, 6.07) is 28.0. The highest BCUT2D eigenvalue weighted by atomic mass is 79.9. The fourth-order valence-electron chi connectivity index (χ4n) is 5.45. The molecule has 12 heteroatoms. The first-order valence-corrected chi connectivity index (χ1v) is 18.5. The second-order valence-corrected chi connectivity index (χ2v) is 13.0. The maximum atomic E-state index is 12.6. The molecule has 2 N–H and O–H groups in total. The summed E-state index contributed by atoms with van der Waals surface area (Å²) in [5.74, 6) is 0.807. The Hall–Kier alpha value is -5.01. The van der Waals surface area contributed by atoms with Gasteiger partial charge in [0.05, 0.1) is 60.3 Å². The van der Waals surface area contributed by atoms with E-state index in [2.05, 4.69) is 39.2 Å². The number of benzene rings is 4. The van der Waals surface area contributed by atoms with E-state index < -0.39 is 0 Å². The third-order valence-corrected chi connectivity index (χ3v) is 8.74. The molecule has 4 aromatic rings. The summed E-state index contributed by atoms with van der Waals surface area (Å²) in [6.07, 6.45) is 4.23. The van der Waals surface area contributed by atoms with E-state index in [1.165, 1.54) is 16.5 Å². The standard InChI is InChI=1S/C42H48BrN3O8/c1-4-41(48)46(37-18-14-34(43)15-19-37)36-16-12-33(13-17-36)42(49)44-22-24-53-26-28-54-27-25-52-23-21-40(47)45-35-10-6-9-31(29-35)7-5-8-32-11-20-38(50-2)39(30-32)51-3/h4,6,9-20,29-30H,1,5,7-8,21-28H2,2-3H3,(H,44,49)(H,45,47). The molecule has 11 nitrogen and oxygen atoms in total. The number of carbonyl (C=O) groups excluding carboxylic acids is 3. The van der Waals surface area contributed by atoms with Crippen molar-refractivity contribution >= 4 is 50.7 Å². The van der Waals surface area contributed by atoms with E-state index in [4.69, 9.17) is 23.7 Å². The van der Waals surface area contributed by atoms with Gasteiger partial charge in [0.15, 0.2) is 11.5 Å². The van der Waals surface area contributed by atoms with Crippen LogP contribution in [-0.4, -0.2) is 78.1 Å². The molecule has 0 unspecified atom stereocenters. The van der Waals surface area contributed by atoms with E-state index in [9.17, 15) is 14.4 Å². The minimum Gasteiger partial charge on any atom is -0.493 e. The Morgan fingerprint density at radius 3 is 1.98 bits per heavy atom. The van der Waals surface area contributed by atoms with Crippen LogP contribution in [0, 0.1) is 0 Å². The van der Waals surface area contributed by atoms with Crippen LogP contribution in [0.1, 0.15) is 34.3 Å². The second kappa shape index (κ2) is 22.9. The van der Waals surface area contributed by atoms with E-state index >= 15 is 0 Å². The average molecular weight is 803 g/mol. The third kappa shape index (κ3) is 13.8. The van der Waals surface area contributed by atoms with Crippen LogP contribution >= 0.6 is 15.9 Å². The van der Waals surface area contributed by atoms with Crippen molar-refractivity contribution in [1.82, 2.24) is 5.32 Å². The number of rotatable bonds is 23. The van der Waals surface area contributed by atoms with E-state index in [1.54, 1.807) is 38.5 Å². The summed E-state index contributed by atoms with van der Waals surface area (Å²) in [5.41, 5.74) is 4.87. The van der Waals surface area contributed by atoms with Crippen LogP contribution in [0.2, 0.25) is 0 Å². The molecular formula is C42H48BrN3O8. The van der Waals surface area contributed by atoms with Gasteiger partial charge in [0.25, 0.3) is 11.8 Å². The van der Waals surface area contributed by atoms with Crippen molar-refractivity contribution in [2.24, 2.45) is 0 Å². The first kappa shape index (κ1) is 41.7. The van der Waals surface area contributed by atoms with Crippen molar-refractivity contribution in [3.63, 3.8) is 0 Å². The highest BCUT2D eigenvalue weighted by Crippen LogP contribution is 2.29. The molecule has 4 rings (SSSR count). The van der Waals surface area contributed by atoms with Crippen LogP contribution < -0.4 is 25.0 Å². The molecule has 0 heterocycles. The van der Waals surface area contributed by atoms with Gasteiger partial charge >= 0.3 is 0 Å². The molecule has 0 bridgehead atoms. The number of ether oxygens (including phenoxy) is 5. The average Bonchev–Trinajstić information content (AvgIpc) is 3.19. The first-order chi connectivity index (χ1) is 26.3. The van der Waals surface area contributed by atoms with Crippen LogP contribution in [0.25, 0.3) is 0 Å². The van der Waals surface area contributed by atoms with Gasteiger partial charge in [0.2, 0.25) is 5.91 Å². The Kier molecular flexibility index (Phi) is 17.7. The van der Waals surface area contributed by atoms with Gasteiger partial charge in [-0.25, -0.2) is 0 Å². The van der Waals surface area contributed by atoms with Crippen LogP contribution in [-0.2, 0) is 36.6 Å². The SMILES string of the molecule is C=CC(=O)N(c1ccc(Br)cc1)c1ccc(C(=O)NCCOCCOCCOCCC(=O)Nc2cccc(CCCc3ccc(OC)c(OC)c3)c2)cc1. The maximum absolute atomic E-state index is 12.6. The van der Waals surface area contributed by atoms with Gasteiger partial charge in [-0.15, -0.1) is 0 Å². The van der Waals surface area contributed by atoms with Crippen LogP contribution in [0.4, 0.5) is 17.1 Å². The van der Waals surface area contributed by atoms with Gasteiger partial charge in [-0.2, -0.15) is 0 Å². The summed E-state index contributed by atoms with van der Waals surface area (Å²) in [5, 5.41) is 5.77. The molecule has 0 aliphatic rings. The highest BCUT2D eigenvalue weighted by molar-refractivity contribution is 9.10. The number of hydrogen-bond donors (Lipinski definition) is 2. The maximum Gasteiger partial charge on any atom is 0.254 e. The van der Waals surface area contributed by atoms with Crippen molar-refractivity contribution in [2.75, 3.05) is 70.6 Å². The molecular weight excluding hydrogens is 754 g/mol. The Bertz CT molecular complexity index is 1800. The number of anilines is 3. The van der Waals surface area contributed by atoms with Gasteiger partial charge < -0.3 is 34.3 Å². The van der Waals surface area contributed by atoms with Crippen molar-refractivity contribution in [2.45, 2.75) is 25.7 Å². The minimum atomic E-state index is -0.280. The number of nitrogens with one attached hydrogen (secondary N) is 2. The van der Waals surface area contributed by atoms with E-state index in [0.717, 1.165) is 46.5 Å². The van der Waals surface area contributed by atoms with Gasteiger partial charge in [0.1, 0.15) is 0 Å². The number of amides is 3. The van der Waals surface area contributed by atoms with Crippen LogP contribution in [0.3, 0.4) is 0 Å². The predicted molar refractivity (Wildman–Crippen MR) is 214 cm³/mol. The fourth-order valence-corrected chi connectivity index (χ4v) is 5.72. The summed E-state index contributed by atoms with van der Waals surface area (Å²) in [7, 11) is 3.26. The fraction of sp³-hybridized carbons (Fsp3) is 0.310. The molecule has 3 amide bonds. The van der Waals surface area contributed by atoms with Crippen molar-refractivity contribution in [3.8, 4) is 11.5 Å². The highest BCUT2D eigenvalue weighted by Gasteiger charge is 2.16. The molecule has 0 saturated heterocycles. The lowest BCUT2D eigenvalue weighted by Gasteiger charge is -2.22. The summed E-state index contributed by atoms with van der Waals surface area (Å²) in [6.45, 7) is 6.03. The summed E-state index contributed by atoms with van der Waals surface area (Å²) < 4.78 is 28.3. The molecule has 4 aromatic carbocycles. The number of methoxy groups -OCH3 is 2. The van der Waals surface area contributed by atoms with Gasteiger partial charge in [-0.3, -0.25) is 19.3 Å². The van der Waals surface area contributed by atoms with Gasteiger partial charge in [-0.05, 0) is 109 Å². The lowest BCUT2D eigenvalue weighted by Crippen LogP contribution is -2.28. The first-order valence-electron chi connectivity index (χ1n) is 17.7. The zero-order chi connectivity index (χ0) is 38.5. The van der Waals surface area contributed by atoms with Crippen LogP contribution in [0.15, 0.2) is 108 Å². The minimum absolute atomic E-state index is 0.112. The molecule has 0 aliphatic carbocycles. The van der Waals surface area contributed by atoms with E-state index in [-0.39, 0.29) is 30.7 Å². The summed E-state index contributed by atoms with van der Waals surface area (Å²) >= 11 is 3.40. The summed E-state index contributed by atoms with van der Waals surface area (Å²) in [4.78, 5) is 39.1. The number of halogens is 1. The predicted octanol–water partition coefficient (Wildman–Crippen LogP) is 7.30. The number of hydrogen-bond acceptors (Lipinski definition) is 8. The Balaban J connectivity index is 1.01. The Morgan fingerprint density at radius 1 is 0.722 bits per heavy atom. The Morgan fingerprint density at radius 2 is 1.33 bits per heavy atom. The molecule has 0 saturated carbocycles. The number of carbonyl (C=O) groups is 3. The van der Waals surface area contributed by atoms with Crippen LogP contribution in [0.5, 0.6) is 11.5 Å². The van der Waals surface area contributed by atoms with E-state index in [0.29, 0.717) is 56.5 Å².